The van der Waals surface area contributed by atoms with E-state index in [1.165, 1.54) is 30.3 Å². The molecular formula is C16H15FN2O3S. The number of rotatable bonds is 3. The number of hydrogen-bond acceptors (Lipinski definition) is 4. The fraction of sp³-hybridized carbons (Fsp3) is 0.188. The van der Waals surface area contributed by atoms with Crippen LogP contribution in [0.25, 0.3) is 0 Å². The Labute approximate surface area is 133 Å². The molecule has 0 saturated heterocycles. The van der Waals surface area contributed by atoms with Crippen LogP contribution >= 0.6 is 0 Å². The summed E-state index contributed by atoms with van der Waals surface area (Å²) in [7, 11) is -2.03. The van der Waals surface area contributed by atoms with Crippen LogP contribution in [0.3, 0.4) is 0 Å². The lowest BCUT2D eigenvalue weighted by Gasteiger charge is -2.22. The number of benzene rings is 2. The fourth-order valence-corrected chi connectivity index (χ4v) is 3.75. The molecule has 120 valence electrons. The number of amidine groups is 1. The largest absolute Gasteiger partial charge is 0.387 e. The van der Waals surface area contributed by atoms with E-state index in [4.69, 9.17) is 0 Å². The van der Waals surface area contributed by atoms with Crippen molar-refractivity contribution in [3.63, 3.8) is 0 Å². The lowest BCUT2D eigenvalue weighted by atomic mass is 10.1. The number of aliphatic hydroxyl groups is 1. The summed E-state index contributed by atoms with van der Waals surface area (Å²) in [6.45, 7) is 0.133. The summed E-state index contributed by atoms with van der Waals surface area (Å²) >= 11 is 0. The zero-order valence-electron chi connectivity index (χ0n) is 12.3. The van der Waals surface area contributed by atoms with Gasteiger partial charge in [0.2, 0.25) is 0 Å². The number of aliphatic hydroxyl groups excluding tert-OH is 1. The van der Waals surface area contributed by atoms with Gasteiger partial charge >= 0.3 is 0 Å². The average molecular weight is 334 g/mol. The molecule has 0 aliphatic carbocycles. The molecule has 3 rings (SSSR count). The maximum absolute atomic E-state index is 12.9. The summed E-state index contributed by atoms with van der Waals surface area (Å²) in [6.07, 6.45) is -0.890. The normalized spacial score (nSPS) is 16.6. The van der Waals surface area contributed by atoms with E-state index < -0.39 is 16.1 Å². The monoisotopic (exact) mass is 334 g/mol. The third kappa shape index (κ3) is 2.97. The van der Waals surface area contributed by atoms with Crippen molar-refractivity contribution in [2.45, 2.75) is 11.0 Å². The van der Waals surface area contributed by atoms with E-state index in [0.29, 0.717) is 17.0 Å². The first-order valence-corrected chi connectivity index (χ1v) is 8.41. The van der Waals surface area contributed by atoms with Crippen LogP contribution in [0.2, 0.25) is 0 Å². The molecule has 1 aliphatic rings. The molecule has 0 fully saturated rings. The van der Waals surface area contributed by atoms with Crippen molar-refractivity contribution in [3.05, 3.63) is 65.5 Å². The number of hydrogen-bond donors (Lipinski definition) is 1. The van der Waals surface area contributed by atoms with Crippen molar-refractivity contribution in [2.24, 2.45) is 4.40 Å². The molecule has 0 saturated carbocycles. The van der Waals surface area contributed by atoms with Crippen LogP contribution in [0.4, 0.5) is 4.39 Å². The smallest absolute Gasteiger partial charge is 0.285 e. The predicted octanol–water partition coefficient (Wildman–Crippen LogP) is 1.94. The van der Waals surface area contributed by atoms with E-state index in [1.54, 1.807) is 30.1 Å². The van der Waals surface area contributed by atoms with Crippen LogP contribution in [0.1, 0.15) is 17.2 Å². The second-order valence-electron chi connectivity index (χ2n) is 5.33. The van der Waals surface area contributed by atoms with Crippen molar-refractivity contribution < 1.29 is 17.9 Å². The second-order valence-corrected chi connectivity index (χ2v) is 6.91. The van der Waals surface area contributed by atoms with E-state index >= 15 is 0 Å². The average Bonchev–Trinajstić information content (AvgIpc) is 2.80. The van der Waals surface area contributed by atoms with Crippen LogP contribution in [-0.2, 0) is 10.0 Å². The first-order valence-electron chi connectivity index (χ1n) is 6.97. The Morgan fingerprint density at radius 3 is 2.52 bits per heavy atom. The van der Waals surface area contributed by atoms with Gasteiger partial charge in [-0.05, 0) is 29.8 Å². The third-order valence-electron chi connectivity index (χ3n) is 3.68. The van der Waals surface area contributed by atoms with Crippen LogP contribution in [0.15, 0.2) is 57.8 Å². The topological polar surface area (TPSA) is 70.0 Å². The van der Waals surface area contributed by atoms with Crippen molar-refractivity contribution >= 4 is 15.9 Å². The molecule has 5 nitrogen and oxygen atoms in total. The lowest BCUT2D eigenvalue weighted by Crippen LogP contribution is -2.31. The Morgan fingerprint density at radius 2 is 1.83 bits per heavy atom. The summed E-state index contributed by atoms with van der Waals surface area (Å²) in [4.78, 5) is 1.75. The van der Waals surface area contributed by atoms with Crippen LogP contribution in [0, 0.1) is 5.82 Å². The molecule has 1 atom stereocenters. The zero-order chi connectivity index (χ0) is 16.6. The SMILES string of the molecule is CN(CC(O)c1ccc(F)cc1)C1=NS(=O)(=O)c2ccccc21. The van der Waals surface area contributed by atoms with Gasteiger partial charge in [0.1, 0.15) is 10.7 Å². The first-order chi connectivity index (χ1) is 10.9. The van der Waals surface area contributed by atoms with Gasteiger partial charge in [0.05, 0.1) is 6.10 Å². The number of fused-ring (bicyclic) bond motifs is 1. The summed E-state index contributed by atoms with van der Waals surface area (Å²) in [6, 6.07) is 12.1. The van der Waals surface area contributed by atoms with Gasteiger partial charge in [0.25, 0.3) is 10.0 Å². The quantitative estimate of drug-likeness (QED) is 0.931. The van der Waals surface area contributed by atoms with Gasteiger partial charge in [0, 0.05) is 19.2 Å². The van der Waals surface area contributed by atoms with Crippen molar-refractivity contribution in [3.8, 4) is 0 Å². The molecule has 1 aliphatic heterocycles. The van der Waals surface area contributed by atoms with Gasteiger partial charge in [-0.25, -0.2) is 4.39 Å². The van der Waals surface area contributed by atoms with Gasteiger partial charge in [-0.15, -0.1) is 4.40 Å². The highest BCUT2D eigenvalue weighted by Crippen LogP contribution is 2.27. The summed E-state index contributed by atoms with van der Waals surface area (Å²) in [5, 5.41) is 10.3. The highest BCUT2D eigenvalue weighted by atomic mass is 32.2. The molecule has 0 aromatic heterocycles. The minimum atomic E-state index is -3.69. The van der Waals surface area contributed by atoms with Gasteiger partial charge in [0.15, 0.2) is 5.84 Å². The van der Waals surface area contributed by atoms with Crippen molar-refractivity contribution in [1.29, 1.82) is 0 Å². The molecule has 7 heteroatoms. The van der Waals surface area contributed by atoms with E-state index in [2.05, 4.69) is 4.40 Å². The molecule has 1 unspecified atom stereocenters. The molecule has 1 heterocycles. The van der Waals surface area contributed by atoms with E-state index in [-0.39, 0.29) is 17.3 Å². The first kappa shape index (κ1) is 15.6. The Hall–Kier alpha value is -2.25. The summed E-state index contributed by atoms with van der Waals surface area (Å²) in [5.74, 6) is -0.0868. The molecule has 0 bridgehead atoms. The minimum absolute atomic E-state index is 0.133. The van der Waals surface area contributed by atoms with E-state index in [1.807, 2.05) is 0 Å². The van der Waals surface area contributed by atoms with Crippen molar-refractivity contribution in [2.75, 3.05) is 13.6 Å². The van der Waals surface area contributed by atoms with Crippen LogP contribution in [0.5, 0.6) is 0 Å². The Bertz CT molecular complexity index is 863. The molecule has 23 heavy (non-hydrogen) atoms. The highest BCUT2D eigenvalue weighted by Gasteiger charge is 2.30. The maximum atomic E-state index is 12.9. The second kappa shape index (κ2) is 5.75. The number of likely N-dealkylation sites (N-methyl/N-ethyl adjacent to an activating group) is 1. The minimum Gasteiger partial charge on any atom is -0.387 e. The predicted molar refractivity (Wildman–Crippen MR) is 84.2 cm³/mol. The summed E-state index contributed by atoms with van der Waals surface area (Å²) < 4.78 is 40.8. The standard InChI is InChI=1S/C16H15FN2O3S/c1-19(10-14(20)11-6-8-12(17)9-7-11)16-13-4-2-3-5-15(13)23(21,22)18-16/h2-9,14,20H,10H2,1H3. The van der Waals surface area contributed by atoms with E-state index in [9.17, 15) is 17.9 Å². The Balaban J connectivity index is 1.84. The molecule has 1 N–H and O–H groups in total. The number of nitrogens with zero attached hydrogens (tertiary/aromatic N) is 2. The molecule has 0 spiro atoms. The van der Waals surface area contributed by atoms with Gasteiger partial charge in [-0.3, -0.25) is 0 Å². The van der Waals surface area contributed by atoms with E-state index in [0.717, 1.165) is 0 Å². The molecule has 0 radical (unpaired) electrons. The molecule has 0 amide bonds. The highest BCUT2D eigenvalue weighted by molar-refractivity contribution is 7.90. The number of sulfonamides is 1. The number of halogens is 1. The van der Waals surface area contributed by atoms with Gasteiger partial charge < -0.3 is 10.0 Å². The zero-order valence-corrected chi connectivity index (χ0v) is 13.2. The Kier molecular flexibility index (Phi) is 3.91. The molecule has 2 aromatic rings. The maximum Gasteiger partial charge on any atom is 0.285 e. The van der Waals surface area contributed by atoms with Crippen LogP contribution < -0.4 is 0 Å². The molecule has 2 aromatic carbocycles. The van der Waals surface area contributed by atoms with Gasteiger partial charge in [-0.1, -0.05) is 24.3 Å². The van der Waals surface area contributed by atoms with Gasteiger partial charge in [-0.2, -0.15) is 8.42 Å². The third-order valence-corrected chi connectivity index (χ3v) is 5.00. The fourth-order valence-electron chi connectivity index (χ4n) is 2.50. The van der Waals surface area contributed by atoms with Crippen LogP contribution in [-0.4, -0.2) is 37.9 Å². The summed E-state index contributed by atoms with van der Waals surface area (Å²) in [5.41, 5.74) is 1.06. The lowest BCUT2D eigenvalue weighted by molar-refractivity contribution is 0.152. The molecular weight excluding hydrogens is 319 g/mol. The Morgan fingerprint density at radius 1 is 1.17 bits per heavy atom. The van der Waals surface area contributed by atoms with Crippen molar-refractivity contribution in [1.82, 2.24) is 4.90 Å².